The second-order valence-corrected chi connectivity index (χ2v) is 6.80. The average molecular weight is 497 g/mol. The SMILES string of the molecule is CN=C(NCc1cccc(N(C)C)c1)N1CCN(c2cnn(C)c2)C(=O)C1.I. The summed E-state index contributed by atoms with van der Waals surface area (Å²) in [4.78, 5) is 22.8. The Bertz CT molecular complexity index is 833. The molecule has 0 unspecified atom stereocenters. The van der Waals surface area contributed by atoms with Crippen LogP contribution in [0.1, 0.15) is 5.56 Å². The molecule has 2 aromatic rings. The predicted molar refractivity (Wildman–Crippen MR) is 124 cm³/mol. The molecule has 1 aromatic heterocycles. The highest BCUT2D eigenvalue weighted by atomic mass is 127. The number of carbonyl (C=O) groups excluding carboxylic acids is 1. The number of piperazine rings is 1. The van der Waals surface area contributed by atoms with Crippen LogP contribution in [0.25, 0.3) is 0 Å². The van der Waals surface area contributed by atoms with E-state index in [0.29, 0.717) is 19.6 Å². The Morgan fingerprint density at radius 1 is 1.32 bits per heavy atom. The molecule has 2 heterocycles. The normalized spacial score (nSPS) is 14.7. The van der Waals surface area contributed by atoms with Crippen molar-refractivity contribution in [1.82, 2.24) is 20.0 Å². The van der Waals surface area contributed by atoms with Crippen LogP contribution < -0.4 is 15.1 Å². The Balaban J connectivity index is 0.00000280. The fourth-order valence-corrected chi connectivity index (χ4v) is 3.13. The Kier molecular flexibility index (Phi) is 7.67. The van der Waals surface area contributed by atoms with Gasteiger partial charge in [-0.1, -0.05) is 12.1 Å². The summed E-state index contributed by atoms with van der Waals surface area (Å²) in [6, 6.07) is 8.35. The molecule has 0 atom stereocenters. The van der Waals surface area contributed by atoms with Crippen LogP contribution in [0.2, 0.25) is 0 Å². The van der Waals surface area contributed by atoms with Gasteiger partial charge in [-0.05, 0) is 17.7 Å². The number of halogens is 1. The van der Waals surface area contributed by atoms with E-state index in [1.165, 1.54) is 5.56 Å². The van der Waals surface area contributed by atoms with Crippen LogP contribution in [0.5, 0.6) is 0 Å². The number of aryl methyl sites for hydroxylation is 1. The lowest BCUT2D eigenvalue weighted by atomic mass is 10.2. The molecule has 8 nitrogen and oxygen atoms in total. The number of hydrogen-bond donors (Lipinski definition) is 1. The van der Waals surface area contributed by atoms with Crippen molar-refractivity contribution >= 4 is 47.2 Å². The molecule has 1 amide bonds. The van der Waals surface area contributed by atoms with E-state index in [2.05, 4.69) is 38.5 Å². The van der Waals surface area contributed by atoms with Gasteiger partial charge in [-0.3, -0.25) is 14.5 Å². The Morgan fingerprint density at radius 3 is 2.71 bits per heavy atom. The van der Waals surface area contributed by atoms with Gasteiger partial charge in [0.25, 0.3) is 0 Å². The molecular formula is C19H28IN7O. The number of nitrogens with one attached hydrogen (secondary N) is 1. The topological polar surface area (TPSA) is 69.0 Å². The number of carbonyl (C=O) groups is 1. The van der Waals surface area contributed by atoms with Gasteiger partial charge >= 0.3 is 0 Å². The van der Waals surface area contributed by atoms with Gasteiger partial charge in [-0.25, -0.2) is 0 Å². The first-order valence-corrected chi connectivity index (χ1v) is 8.99. The lowest BCUT2D eigenvalue weighted by molar-refractivity contribution is -0.120. The second kappa shape index (κ2) is 9.76. The monoisotopic (exact) mass is 497 g/mol. The largest absolute Gasteiger partial charge is 0.378 e. The molecular weight excluding hydrogens is 469 g/mol. The van der Waals surface area contributed by atoms with Gasteiger partial charge in [-0.2, -0.15) is 5.10 Å². The minimum Gasteiger partial charge on any atom is -0.378 e. The minimum atomic E-state index is 0. The molecule has 152 valence electrons. The standard InChI is InChI=1S/C19H27N7O.HI/c1-20-19(21-11-15-6-5-7-16(10-15)23(2)3)25-8-9-26(18(27)14-25)17-12-22-24(4)13-17;/h5-7,10,12-13H,8-9,11,14H2,1-4H3,(H,20,21);1H. The van der Waals surface area contributed by atoms with Crippen molar-refractivity contribution in [2.45, 2.75) is 6.54 Å². The first kappa shape index (κ1) is 22.0. The first-order chi connectivity index (χ1) is 13.0. The lowest BCUT2D eigenvalue weighted by Gasteiger charge is -2.35. The zero-order valence-corrected chi connectivity index (χ0v) is 19.1. The Hall–Kier alpha value is -2.30. The summed E-state index contributed by atoms with van der Waals surface area (Å²) in [5.74, 6) is 0.788. The van der Waals surface area contributed by atoms with E-state index < -0.39 is 0 Å². The van der Waals surface area contributed by atoms with Crippen LogP contribution in [0, 0.1) is 0 Å². The fourth-order valence-electron chi connectivity index (χ4n) is 3.13. The van der Waals surface area contributed by atoms with Gasteiger partial charge in [0.1, 0.15) is 6.54 Å². The first-order valence-electron chi connectivity index (χ1n) is 8.99. The summed E-state index contributed by atoms with van der Waals surface area (Å²) < 4.78 is 1.71. The third kappa shape index (κ3) is 5.15. The number of nitrogens with zero attached hydrogens (tertiary/aromatic N) is 6. The van der Waals surface area contributed by atoms with Gasteiger partial charge in [0.2, 0.25) is 5.91 Å². The van der Waals surface area contributed by atoms with E-state index in [0.717, 1.165) is 23.9 Å². The molecule has 1 N–H and O–H groups in total. The lowest BCUT2D eigenvalue weighted by Crippen LogP contribution is -2.55. The molecule has 0 spiro atoms. The van der Waals surface area contributed by atoms with Gasteiger partial charge in [0, 0.05) is 59.7 Å². The van der Waals surface area contributed by atoms with Gasteiger partial charge in [-0.15, -0.1) is 24.0 Å². The van der Waals surface area contributed by atoms with Crippen molar-refractivity contribution < 1.29 is 4.79 Å². The highest BCUT2D eigenvalue weighted by Gasteiger charge is 2.27. The number of rotatable bonds is 4. The molecule has 9 heteroatoms. The van der Waals surface area contributed by atoms with Crippen molar-refractivity contribution in [1.29, 1.82) is 0 Å². The summed E-state index contributed by atoms with van der Waals surface area (Å²) in [6.45, 7) is 2.29. The molecule has 3 rings (SSSR count). The summed E-state index contributed by atoms with van der Waals surface area (Å²) in [6.07, 6.45) is 3.58. The third-order valence-electron chi connectivity index (χ3n) is 4.61. The highest BCUT2D eigenvalue weighted by molar-refractivity contribution is 14.0. The number of benzene rings is 1. The molecule has 1 saturated heterocycles. The van der Waals surface area contributed by atoms with E-state index in [1.54, 1.807) is 22.8 Å². The molecule has 0 aliphatic carbocycles. The zero-order valence-electron chi connectivity index (χ0n) is 16.8. The van der Waals surface area contributed by atoms with Crippen LogP contribution in [0.15, 0.2) is 41.7 Å². The van der Waals surface area contributed by atoms with Crippen LogP contribution in [-0.4, -0.2) is 67.3 Å². The van der Waals surface area contributed by atoms with E-state index in [1.807, 2.05) is 38.3 Å². The smallest absolute Gasteiger partial charge is 0.246 e. The maximum Gasteiger partial charge on any atom is 0.246 e. The number of aromatic nitrogens is 2. The number of hydrogen-bond acceptors (Lipinski definition) is 4. The second-order valence-electron chi connectivity index (χ2n) is 6.80. The molecule has 1 aromatic carbocycles. The van der Waals surface area contributed by atoms with Crippen molar-refractivity contribution in [3.8, 4) is 0 Å². The van der Waals surface area contributed by atoms with Crippen LogP contribution >= 0.6 is 24.0 Å². The van der Waals surface area contributed by atoms with E-state index in [4.69, 9.17) is 0 Å². The predicted octanol–water partition coefficient (Wildman–Crippen LogP) is 1.53. The van der Waals surface area contributed by atoms with Crippen LogP contribution in [-0.2, 0) is 18.4 Å². The molecule has 1 aliphatic rings. The Morgan fingerprint density at radius 2 is 2.11 bits per heavy atom. The number of guanidine groups is 1. The summed E-state index contributed by atoms with van der Waals surface area (Å²) in [5, 5.41) is 7.52. The van der Waals surface area contributed by atoms with Gasteiger partial charge < -0.3 is 20.0 Å². The number of amides is 1. The average Bonchev–Trinajstić information content (AvgIpc) is 3.08. The zero-order chi connectivity index (χ0) is 19.4. The van der Waals surface area contributed by atoms with Gasteiger partial charge in [0.15, 0.2) is 5.96 Å². The number of aliphatic imine (C=N–C) groups is 1. The van der Waals surface area contributed by atoms with Crippen LogP contribution in [0.3, 0.4) is 0 Å². The molecule has 28 heavy (non-hydrogen) atoms. The fraction of sp³-hybridized carbons (Fsp3) is 0.421. The van der Waals surface area contributed by atoms with Crippen molar-refractivity contribution in [3.63, 3.8) is 0 Å². The van der Waals surface area contributed by atoms with E-state index >= 15 is 0 Å². The molecule has 0 bridgehead atoms. The van der Waals surface area contributed by atoms with Crippen molar-refractivity contribution in [2.24, 2.45) is 12.0 Å². The summed E-state index contributed by atoms with van der Waals surface area (Å²) >= 11 is 0. The molecule has 0 radical (unpaired) electrons. The third-order valence-corrected chi connectivity index (χ3v) is 4.61. The molecule has 1 aliphatic heterocycles. The van der Waals surface area contributed by atoms with Crippen LogP contribution in [0.4, 0.5) is 11.4 Å². The van der Waals surface area contributed by atoms with Gasteiger partial charge in [0.05, 0.1) is 11.9 Å². The van der Waals surface area contributed by atoms with E-state index in [-0.39, 0.29) is 29.9 Å². The summed E-state index contributed by atoms with van der Waals surface area (Å²) in [7, 11) is 7.65. The quantitative estimate of drug-likeness (QED) is 0.395. The highest BCUT2D eigenvalue weighted by Crippen LogP contribution is 2.16. The van der Waals surface area contributed by atoms with Crippen molar-refractivity contribution in [2.75, 3.05) is 50.6 Å². The maximum absolute atomic E-state index is 12.6. The van der Waals surface area contributed by atoms with E-state index in [9.17, 15) is 4.79 Å². The molecule has 1 fully saturated rings. The molecule has 0 saturated carbocycles. The Labute approximate surface area is 183 Å². The minimum absolute atomic E-state index is 0. The summed E-state index contributed by atoms with van der Waals surface area (Å²) in [5.41, 5.74) is 3.16. The number of anilines is 2. The van der Waals surface area contributed by atoms with Crippen molar-refractivity contribution in [3.05, 3.63) is 42.2 Å². The maximum atomic E-state index is 12.6.